The van der Waals surface area contributed by atoms with Gasteiger partial charge in [0.15, 0.2) is 0 Å². The number of hydrogen-bond donors (Lipinski definition) is 1. The van der Waals surface area contributed by atoms with Crippen molar-refractivity contribution in [3.05, 3.63) is 64.5 Å². The topological polar surface area (TPSA) is 45.5 Å². The van der Waals surface area contributed by atoms with Crippen molar-refractivity contribution < 1.29 is 13.2 Å². The summed E-state index contributed by atoms with van der Waals surface area (Å²) in [7, 11) is 0. The molecule has 0 atom stereocenters. The second kappa shape index (κ2) is 6.29. The molecule has 0 bridgehead atoms. The minimum atomic E-state index is -0.716. The zero-order valence-corrected chi connectivity index (χ0v) is 13.4. The molecule has 128 valence electrons. The molecule has 0 unspecified atom stereocenters. The summed E-state index contributed by atoms with van der Waals surface area (Å²) in [4.78, 5) is 14.6. The molecule has 0 amide bonds. The highest BCUT2D eigenvalue weighted by Gasteiger charge is 2.14. The molecule has 0 saturated carbocycles. The standard InChI is InChI=1S/C19H16F2N2O2/c20-14-7-13(8-15(21)10-14)18-9-12-1-2-16(11-17(12)19(24)25-18)23-5-3-22-4-6-23/h1-2,7-11,22H,3-6H2. The van der Waals surface area contributed by atoms with Crippen LogP contribution >= 0.6 is 0 Å². The number of rotatable bonds is 2. The molecule has 3 aromatic rings. The van der Waals surface area contributed by atoms with Crippen molar-refractivity contribution >= 4 is 16.5 Å². The smallest absolute Gasteiger partial charge is 0.344 e. The fourth-order valence-electron chi connectivity index (χ4n) is 3.13. The van der Waals surface area contributed by atoms with Gasteiger partial charge in [0, 0.05) is 43.5 Å². The van der Waals surface area contributed by atoms with Gasteiger partial charge in [-0.1, -0.05) is 6.07 Å². The van der Waals surface area contributed by atoms with E-state index in [1.807, 2.05) is 18.2 Å². The Kier molecular flexibility index (Phi) is 3.97. The Morgan fingerprint density at radius 3 is 2.40 bits per heavy atom. The Bertz CT molecular complexity index is 974. The summed E-state index contributed by atoms with van der Waals surface area (Å²) in [5, 5.41) is 4.42. The van der Waals surface area contributed by atoms with E-state index in [4.69, 9.17) is 4.42 Å². The highest BCUT2D eigenvalue weighted by molar-refractivity contribution is 5.87. The molecule has 0 spiro atoms. The minimum absolute atomic E-state index is 0.144. The van der Waals surface area contributed by atoms with Gasteiger partial charge in [-0.25, -0.2) is 13.6 Å². The van der Waals surface area contributed by atoms with E-state index in [2.05, 4.69) is 10.2 Å². The van der Waals surface area contributed by atoms with E-state index in [0.717, 1.165) is 50.1 Å². The van der Waals surface area contributed by atoms with Gasteiger partial charge in [-0.15, -0.1) is 0 Å². The maximum absolute atomic E-state index is 13.4. The summed E-state index contributed by atoms with van der Waals surface area (Å²) in [6.07, 6.45) is 0. The normalized spacial score (nSPS) is 14.9. The highest BCUT2D eigenvalue weighted by Crippen LogP contribution is 2.26. The average Bonchev–Trinajstić information content (AvgIpc) is 2.61. The van der Waals surface area contributed by atoms with Crippen LogP contribution in [0.2, 0.25) is 0 Å². The van der Waals surface area contributed by atoms with E-state index < -0.39 is 17.3 Å². The SMILES string of the molecule is O=c1oc(-c2cc(F)cc(F)c2)cc2ccc(N3CCNCC3)cc12. The Morgan fingerprint density at radius 2 is 1.68 bits per heavy atom. The molecular weight excluding hydrogens is 326 g/mol. The van der Waals surface area contributed by atoms with Crippen LogP contribution in [-0.4, -0.2) is 26.2 Å². The number of hydrogen-bond acceptors (Lipinski definition) is 4. The first-order valence-corrected chi connectivity index (χ1v) is 8.10. The summed E-state index contributed by atoms with van der Waals surface area (Å²) >= 11 is 0. The number of benzene rings is 2. The molecule has 1 aliphatic heterocycles. The number of fused-ring (bicyclic) bond motifs is 1. The quantitative estimate of drug-likeness (QED) is 0.777. The van der Waals surface area contributed by atoms with Crippen molar-refractivity contribution in [2.45, 2.75) is 0 Å². The number of piperazine rings is 1. The molecule has 1 N–H and O–H groups in total. The summed E-state index contributed by atoms with van der Waals surface area (Å²) < 4.78 is 32.1. The van der Waals surface area contributed by atoms with E-state index in [9.17, 15) is 13.6 Å². The average molecular weight is 342 g/mol. The van der Waals surface area contributed by atoms with Gasteiger partial charge < -0.3 is 14.6 Å². The molecule has 0 aliphatic carbocycles. The first kappa shape index (κ1) is 15.8. The number of nitrogens with zero attached hydrogens (tertiary/aromatic N) is 1. The maximum Gasteiger partial charge on any atom is 0.344 e. The molecule has 2 aromatic carbocycles. The molecular formula is C19H16F2N2O2. The fourth-order valence-corrected chi connectivity index (χ4v) is 3.13. The first-order chi connectivity index (χ1) is 12.1. The zero-order valence-electron chi connectivity index (χ0n) is 13.4. The van der Waals surface area contributed by atoms with Crippen LogP contribution in [0.3, 0.4) is 0 Å². The molecule has 1 aromatic heterocycles. The molecule has 4 rings (SSSR count). The molecule has 1 fully saturated rings. The minimum Gasteiger partial charge on any atom is -0.422 e. The van der Waals surface area contributed by atoms with Gasteiger partial charge in [0.05, 0.1) is 5.39 Å². The molecule has 6 heteroatoms. The van der Waals surface area contributed by atoms with Crippen LogP contribution < -0.4 is 15.8 Å². The van der Waals surface area contributed by atoms with Gasteiger partial charge in [0.1, 0.15) is 17.4 Å². The summed E-state index contributed by atoms with van der Waals surface area (Å²) in [5.41, 5.74) is 0.641. The van der Waals surface area contributed by atoms with Crippen molar-refractivity contribution in [3.63, 3.8) is 0 Å². The van der Waals surface area contributed by atoms with E-state index in [1.165, 1.54) is 0 Å². The Morgan fingerprint density at radius 1 is 0.960 bits per heavy atom. The largest absolute Gasteiger partial charge is 0.422 e. The van der Waals surface area contributed by atoms with Crippen LogP contribution in [0.4, 0.5) is 14.5 Å². The van der Waals surface area contributed by atoms with Crippen LogP contribution in [0.15, 0.2) is 51.7 Å². The summed E-state index contributed by atoms with van der Waals surface area (Å²) in [6, 6.07) is 10.3. The van der Waals surface area contributed by atoms with Crippen molar-refractivity contribution in [2.75, 3.05) is 31.1 Å². The lowest BCUT2D eigenvalue weighted by Crippen LogP contribution is -2.43. The van der Waals surface area contributed by atoms with Gasteiger partial charge in [0.25, 0.3) is 0 Å². The Labute approximate surface area is 142 Å². The van der Waals surface area contributed by atoms with Crippen molar-refractivity contribution in [2.24, 2.45) is 0 Å². The third-order valence-electron chi connectivity index (χ3n) is 4.38. The molecule has 1 saturated heterocycles. The van der Waals surface area contributed by atoms with Gasteiger partial charge in [-0.2, -0.15) is 0 Å². The van der Waals surface area contributed by atoms with Gasteiger partial charge in [-0.05, 0) is 35.7 Å². The Hall–Kier alpha value is -2.73. The fraction of sp³-hybridized carbons (Fsp3) is 0.211. The highest BCUT2D eigenvalue weighted by atomic mass is 19.1. The van der Waals surface area contributed by atoms with Crippen LogP contribution in [0.25, 0.3) is 22.1 Å². The van der Waals surface area contributed by atoms with E-state index in [-0.39, 0.29) is 11.3 Å². The van der Waals surface area contributed by atoms with Crippen molar-refractivity contribution in [1.29, 1.82) is 0 Å². The van der Waals surface area contributed by atoms with E-state index >= 15 is 0 Å². The van der Waals surface area contributed by atoms with Crippen LogP contribution in [-0.2, 0) is 0 Å². The number of halogens is 2. The second-order valence-corrected chi connectivity index (χ2v) is 6.06. The van der Waals surface area contributed by atoms with Crippen molar-refractivity contribution in [1.82, 2.24) is 5.32 Å². The number of nitrogens with one attached hydrogen (secondary N) is 1. The third kappa shape index (κ3) is 3.13. The van der Waals surface area contributed by atoms with E-state index in [1.54, 1.807) is 6.07 Å². The van der Waals surface area contributed by atoms with Crippen LogP contribution in [0, 0.1) is 11.6 Å². The monoisotopic (exact) mass is 342 g/mol. The summed E-state index contributed by atoms with van der Waals surface area (Å²) in [5.74, 6) is -1.29. The lowest BCUT2D eigenvalue weighted by molar-refractivity contribution is 0.531. The predicted molar refractivity (Wildman–Crippen MR) is 92.9 cm³/mol. The predicted octanol–water partition coefficient (Wildman–Crippen LogP) is 3.15. The number of anilines is 1. The van der Waals surface area contributed by atoms with E-state index in [0.29, 0.717) is 10.8 Å². The second-order valence-electron chi connectivity index (χ2n) is 6.06. The third-order valence-corrected chi connectivity index (χ3v) is 4.38. The molecule has 4 nitrogen and oxygen atoms in total. The van der Waals surface area contributed by atoms with Crippen molar-refractivity contribution in [3.8, 4) is 11.3 Å². The van der Waals surface area contributed by atoms with Gasteiger partial charge in [0.2, 0.25) is 0 Å². The summed E-state index contributed by atoms with van der Waals surface area (Å²) in [6.45, 7) is 3.54. The molecule has 2 heterocycles. The van der Waals surface area contributed by atoms with Crippen LogP contribution in [0.5, 0.6) is 0 Å². The lowest BCUT2D eigenvalue weighted by Gasteiger charge is -2.29. The molecule has 25 heavy (non-hydrogen) atoms. The molecule has 0 radical (unpaired) electrons. The zero-order chi connectivity index (χ0) is 17.4. The Balaban J connectivity index is 1.79. The first-order valence-electron chi connectivity index (χ1n) is 8.10. The lowest BCUT2D eigenvalue weighted by atomic mass is 10.1. The van der Waals surface area contributed by atoms with Crippen LogP contribution in [0.1, 0.15) is 0 Å². The van der Waals surface area contributed by atoms with Gasteiger partial charge in [-0.3, -0.25) is 0 Å². The van der Waals surface area contributed by atoms with Gasteiger partial charge >= 0.3 is 5.63 Å². The molecule has 1 aliphatic rings. The maximum atomic E-state index is 13.4.